The zero-order chi connectivity index (χ0) is 14.3. The Balaban J connectivity index is 2.40. The molecule has 2 heterocycles. The van der Waals surface area contributed by atoms with Gasteiger partial charge >= 0.3 is 0 Å². The first-order valence-electron chi connectivity index (χ1n) is 6.71. The van der Waals surface area contributed by atoms with Gasteiger partial charge in [0.05, 0.1) is 15.2 Å². The highest BCUT2D eigenvalue weighted by Gasteiger charge is 2.14. The molecule has 0 saturated heterocycles. The van der Waals surface area contributed by atoms with Crippen molar-refractivity contribution in [3.63, 3.8) is 0 Å². The van der Waals surface area contributed by atoms with Crippen molar-refractivity contribution in [1.82, 2.24) is 9.97 Å². The number of nitrogens with one attached hydrogen (secondary N) is 1. The van der Waals surface area contributed by atoms with E-state index in [1.807, 2.05) is 20.0 Å². The second kappa shape index (κ2) is 5.19. The monoisotopic (exact) mass is 305 g/mol. The molecule has 0 saturated carbocycles. The number of anilines is 1. The van der Waals surface area contributed by atoms with Gasteiger partial charge in [-0.3, -0.25) is 0 Å². The maximum Gasteiger partial charge on any atom is 0.153 e. The molecule has 3 nitrogen and oxygen atoms in total. The van der Waals surface area contributed by atoms with Crippen molar-refractivity contribution in [3.05, 3.63) is 27.7 Å². The van der Waals surface area contributed by atoms with Gasteiger partial charge in [0.1, 0.15) is 5.52 Å². The normalized spacial score (nSPS) is 11.4. The van der Waals surface area contributed by atoms with Gasteiger partial charge in [0, 0.05) is 17.5 Å². The number of benzene rings is 1. The van der Waals surface area contributed by atoms with Gasteiger partial charge in [-0.1, -0.05) is 18.5 Å². The van der Waals surface area contributed by atoms with E-state index in [-0.39, 0.29) is 0 Å². The molecule has 3 rings (SSSR count). The van der Waals surface area contributed by atoms with Crippen molar-refractivity contribution in [3.8, 4) is 0 Å². The minimum atomic E-state index is 0.754. The number of fused-ring (bicyclic) bond motifs is 3. The summed E-state index contributed by atoms with van der Waals surface area (Å²) >= 11 is 7.98. The van der Waals surface area contributed by atoms with E-state index in [9.17, 15) is 0 Å². The Kier molecular flexibility index (Phi) is 3.52. The van der Waals surface area contributed by atoms with Crippen LogP contribution in [0, 0.1) is 6.92 Å². The van der Waals surface area contributed by atoms with Crippen LogP contribution in [0.5, 0.6) is 0 Å². The highest BCUT2D eigenvalue weighted by Crippen LogP contribution is 2.35. The molecule has 20 heavy (non-hydrogen) atoms. The van der Waals surface area contributed by atoms with Crippen LogP contribution in [0.1, 0.15) is 23.9 Å². The predicted molar refractivity (Wildman–Crippen MR) is 88.2 cm³/mol. The molecule has 1 N–H and O–H groups in total. The number of halogens is 1. The van der Waals surface area contributed by atoms with E-state index in [0.29, 0.717) is 0 Å². The van der Waals surface area contributed by atoms with Gasteiger partial charge < -0.3 is 5.32 Å². The Morgan fingerprint density at radius 2 is 2.10 bits per heavy atom. The lowest BCUT2D eigenvalue weighted by molar-refractivity contribution is 0.913. The molecule has 2 aromatic heterocycles. The van der Waals surface area contributed by atoms with Crippen molar-refractivity contribution < 1.29 is 0 Å². The van der Waals surface area contributed by atoms with Gasteiger partial charge in [0.25, 0.3) is 0 Å². The van der Waals surface area contributed by atoms with E-state index in [0.717, 1.165) is 45.7 Å². The maximum absolute atomic E-state index is 6.22. The van der Waals surface area contributed by atoms with Gasteiger partial charge in [0.15, 0.2) is 5.82 Å². The highest BCUT2D eigenvalue weighted by atomic mass is 35.5. The van der Waals surface area contributed by atoms with Gasteiger partial charge in [-0.25, -0.2) is 9.97 Å². The first kappa shape index (κ1) is 13.6. The van der Waals surface area contributed by atoms with Gasteiger partial charge in [-0.05, 0) is 37.5 Å². The van der Waals surface area contributed by atoms with Crippen molar-refractivity contribution in [2.75, 3.05) is 12.4 Å². The number of rotatable bonds is 3. The van der Waals surface area contributed by atoms with E-state index in [1.165, 1.54) is 9.71 Å². The summed E-state index contributed by atoms with van der Waals surface area (Å²) in [5.41, 5.74) is 2.96. The molecular formula is C15H16ClN3S. The summed E-state index contributed by atoms with van der Waals surface area (Å²) in [5, 5.41) is 6.20. The number of hydrogen-bond donors (Lipinski definition) is 1. The van der Waals surface area contributed by atoms with Crippen molar-refractivity contribution in [2.24, 2.45) is 0 Å². The Hall–Kier alpha value is -1.39. The molecular weight excluding hydrogens is 290 g/mol. The number of nitrogens with zero attached hydrogens (tertiary/aromatic N) is 2. The van der Waals surface area contributed by atoms with Crippen molar-refractivity contribution in [1.29, 1.82) is 0 Å². The number of hydrogen-bond acceptors (Lipinski definition) is 4. The molecule has 104 valence electrons. The van der Waals surface area contributed by atoms with Crippen LogP contribution >= 0.6 is 22.9 Å². The number of aryl methyl sites for hydroxylation is 2. The largest absolute Gasteiger partial charge is 0.371 e. The zero-order valence-corrected chi connectivity index (χ0v) is 13.3. The summed E-state index contributed by atoms with van der Waals surface area (Å²) in [7, 11) is 1.88. The van der Waals surface area contributed by atoms with Crippen molar-refractivity contribution >= 4 is 49.9 Å². The summed E-state index contributed by atoms with van der Waals surface area (Å²) in [5.74, 6) is 0.825. The molecule has 1 aromatic carbocycles. The zero-order valence-electron chi connectivity index (χ0n) is 11.7. The van der Waals surface area contributed by atoms with E-state index in [2.05, 4.69) is 23.3 Å². The minimum Gasteiger partial charge on any atom is -0.371 e. The number of thiazole rings is 1. The standard InChI is InChI=1S/C15H16ClN3S/c1-4-5-12-19-13-14(20-12)9-6-8(2)10(16)7-11(9)18-15(13)17-3/h6-7H,4-5H2,1-3H3,(H,17,18). The SMILES string of the molecule is CCCc1nc2c(NC)nc3cc(Cl)c(C)cc3c2s1. The fraction of sp³-hybridized carbons (Fsp3) is 0.333. The average molecular weight is 306 g/mol. The Bertz CT molecular complexity index is 795. The van der Waals surface area contributed by atoms with Crippen LogP contribution in [0.4, 0.5) is 5.82 Å². The smallest absolute Gasteiger partial charge is 0.153 e. The molecule has 0 radical (unpaired) electrons. The molecule has 0 aliphatic carbocycles. The van der Waals surface area contributed by atoms with Gasteiger partial charge in [0.2, 0.25) is 0 Å². The topological polar surface area (TPSA) is 37.8 Å². The van der Waals surface area contributed by atoms with Gasteiger partial charge in [-0.15, -0.1) is 11.3 Å². The van der Waals surface area contributed by atoms with E-state index < -0.39 is 0 Å². The van der Waals surface area contributed by atoms with Crippen LogP contribution in [0.3, 0.4) is 0 Å². The van der Waals surface area contributed by atoms with E-state index in [1.54, 1.807) is 11.3 Å². The van der Waals surface area contributed by atoms with Gasteiger partial charge in [-0.2, -0.15) is 0 Å². The Morgan fingerprint density at radius 1 is 1.30 bits per heavy atom. The summed E-state index contributed by atoms with van der Waals surface area (Å²) < 4.78 is 1.20. The molecule has 0 atom stereocenters. The first-order valence-corrected chi connectivity index (χ1v) is 7.90. The van der Waals surface area contributed by atoms with Crippen LogP contribution in [0.15, 0.2) is 12.1 Å². The third-order valence-corrected chi connectivity index (χ3v) is 4.91. The Labute approximate surface area is 127 Å². The van der Waals surface area contributed by atoms with Crippen LogP contribution in [-0.4, -0.2) is 17.0 Å². The first-order chi connectivity index (χ1) is 9.63. The molecule has 0 bridgehead atoms. The summed E-state index contributed by atoms with van der Waals surface area (Å²) in [6.07, 6.45) is 2.11. The molecule has 0 amide bonds. The fourth-order valence-corrected chi connectivity index (χ4v) is 3.67. The molecule has 0 aliphatic heterocycles. The second-order valence-electron chi connectivity index (χ2n) is 4.86. The molecule has 0 spiro atoms. The predicted octanol–water partition coefficient (Wildman–Crippen LogP) is 4.80. The molecule has 3 aromatic rings. The summed E-state index contributed by atoms with van der Waals surface area (Å²) in [6, 6.07) is 4.05. The Morgan fingerprint density at radius 3 is 2.80 bits per heavy atom. The second-order valence-corrected chi connectivity index (χ2v) is 6.36. The minimum absolute atomic E-state index is 0.754. The molecule has 5 heteroatoms. The lowest BCUT2D eigenvalue weighted by atomic mass is 10.1. The highest BCUT2D eigenvalue weighted by molar-refractivity contribution is 7.19. The van der Waals surface area contributed by atoms with E-state index >= 15 is 0 Å². The lowest BCUT2D eigenvalue weighted by Gasteiger charge is -2.06. The quantitative estimate of drug-likeness (QED) is 0.755. The van der Waals surface area contributed by atoms with Crippen LogP contribution in [-0.2, 0) is 6.42 Å². The lowest BCUT2D eigenvalue weighted by Crippen LogP contribution is -1.95. The number of aromatic nitrogens is 2. The summed E-state index contributed by atoms with van der Waals surface area (Å²) in [4.78, 5) is 9.38. The average Bonchev–Trinajstić information content (AvgIpc) is 2.84. The van der Waals surface area contributed by atoms with Crippen LogP contribution in [0.2, 0.25) is 5.02 Å². The van der Waals surface area contributed by atoms with Crippen molar-refractivity contribution in [2.45, 2.75) is 26.7 Å². The third kappa shape index (κ3) is 2.13. The molecule has 0 unspecified atom stereocenters. The fourth-order valence-electron chi connectivity index (χ4n) is 2.32. The molecule has 0 fully saturated rings. The molecule has 0 aliphatic rings. The third-order valence-electron chi connectivity index (χ3n) is 3.35. The maximum atomic E-state index is 6.22. The summed E-state index contributed by atoms with van der Waals surface area (Å²) in [6.45, 7) is 4.19. The number of pyridine rings is 1. The van der Waals surface area contributed by atoms with Crippen LogP contribution in [0.25, 0.3) is 21.1 Å². The van der Waals surface area contributed by atoms with Crippen LogP contribution < -0.4 is 5.32 Å². The van der Waals surface area contributed by atoms with E-state index in [4.69, 9.17) is 16.6 Å².